The first-order valence-corrected chi connectivity index (χ1v) is 9.18. The molecule has 148 valence electrons. The first-order chi connectivity index (χ1) is 13.0. The van der Waals surface area contributed by atoms with Crippen molar-refractivity contribution in [2.24, 2.45) is 0 Å². The fourth-order valence-electron chi connectivity index (χ4n) is 2.97. The summed E-state index contributed by atoms with van der Waals surface area (Å²) in [6.45, 7) is 4.37. The van der Waals surface area contributed by atoms with E-state index in [4.69, 9.17) is 9.84 Å². The van der Waals surface area contributed by atoms with Crippen LogP contribution in [0, 0.1) is 0 Å². The van der Waals surface area contributed by atoms with Crippen molar-refractivity contribution in [3.05, 3.63) is 35.9 Å². The number of rotatable bonds is 11. The molecule has 8 nitrogen and oxygen atoms in total. The molecule has 3 amide bonds. The number of imide groups is 1. The van der Waals surface area contributed by atoms with Gasteiger partial charge in [-0.3, -0.25) is 9.69 Å². The van der Waals surface area contributed by atoms with E-state index >= 15 is 0 Å². The van der Waals surface area contributed by atoms with E-state index in [0.29, 0.717) is 19.4 Å². The number of benzene rings is 1. The first-order valence-electron chi connectivity index (χ1n) is 9.18. The predicted octanol–water partition coefficient (Wildman–Crippen LogP) is 2.29. The van der Waals surface area contributed by atoms with Gasteiger partial charge in [0.25, 0.3) is 5.91 Å². The highest BCUT2D eigenvalue weighted by molar-refractivity contribution is 5.97. The van der Waals surface area contributed by atoms with Crippen molar-refractivity contribution in [1.82, 2.24) is 15.1 Å². The molecule has 0 radical (unpaired) electrons. The molecule has 0 aliphatic carbocycles. The Balaban J connectivity index is 1.80. The Morgan fingerprint density at radius 1 is 1.26 bits per heavy atom. The number of ether oxygens (including phenoxy) is 1. The summed E-state index contributed by atoms with van der Waals surface area (Å²) < 4.78 is 4.70. The van der Waals surface area contributed by atoms with Crippen molar-refractivity contribution >= 4 is 18.1 Å². The normalized spacial score (nSPS) is 15.1. The third-order valence-corrected chi connectivity index (χ3v) is 4.44. The molecule has 1 heterocycles. The van der Waals surface area contributed by atoms with Gasteiger partial charge in [0, 0.05) is 25.7 Å². The molecule has 1 saturated heterocycles. The Labute approximate surface area is 159 Å². The van der Waals surface area contributed by atoms with Crippen molar-refractivity contribution in [3.8, 4) is 0 Å². The number of unbranched alkanes of at least 4 members (excludes halogenated alkanes) is 1. The maximum Gasteiger partial charge on any atom is 0.417 e. The van der Waals surface area contributed by atoms with Crippen LogP contribution in [0.25, 0.3) is 0 Å². The molecule has 1 aliphatic heterocycles. The van der Waals surface area contributed by atoms with Crippen molar-refractivity contribution in [1.29, 1.82) is 0 Å². The van der Waals surface area contributed by atoms with Crippen molar-refractivity contribution in [2.45, 2.75) is 38.8 Å². The standard InChI is InChI=1S/C19H27N3O5/c1-15(20-18(24)25)9-12-21(13-16-7-3-2-4-8-16)10-5-6-11-22-17(23)14-27-19(22)26/h2-4,7-8,15,20H,5-6,9-14H2,1H3,(H,24,25)/t15-/m1/s1. The van der Waals surface area contributed by atoms with Crippen LogP contribution in [-0.2, 0) is 16.1 Å². The van der Waals surface area contributed by atoms with Crippen LogP contribution in [-0.4, -0.2) is 65.3 Å². The minimum absolute atomic E-state index is 0.127. The number of carbonyl (C=O) groups is 3. The van der Waals surface area contributed by atoms with E-state index in [1.807, 2.05) is 25.1 Å². The highest BCUT2D eigenvalue weighted by Gasteiger charge is 2.30. The molecule has 1 aromatic carbocycles. The maximum atomic E-state index is 11.5. The van der Waals surface area contributed by atoms with Crippen LogP contribution in [0.3, 0.4) is 0 Å². The van der Waals surface area contributed by atoms with E-state index in [1.165, 1.54) is 5.56 Å². The average molecular weight is 377 g/mol. The molecule has 27 heavy (non-hydrogen) atoms. The van der Waals surface area contributed by atoms with Gasteiger partial charge in [0.1, 0.15) is 0 Å². The molecular formula is C19H27N3O5. The summed E-state index contributed by atoms with van der Waals surface area (Å²) in [6, 6.07) is 9.95. The zero-order valence-corrected chi connectivity index (χ0v) is 15.6. The summed E-state index contributed by atoms with van der Waals surface area (Å²) >= 11 is 0. The van der Waals surface area contributed by atoms with Crippen LogP contribution in [0.1, 0.15) is 31.7 Å². The quantitative estimate of drug-likeness (QED) is 0.574. The molecule has 0 unspecified atom stereocenters. The number of carboxylic acid groups (broad SMARTS) is 1. The summed E-state index contributed by atoms with van der Waals surface area (Å²) in [5.74, 6) is -0.283. The first kappa shape index (κ1) is 20.7. The highest BCUT2D eigenvalue weighted by atomic mass is 16.6. The monoisotopic (exact) mass is 377 g/mol. The van der Waals surface area contributed by atoms with Crippen LogP contribution in [0.2, 0.25) is 0 Å². The lowest BCUT2D eigenvalue weighted by atomic mass is 10.1. The summed E-state index contributed by atoms with van der Waals surface area (Å²) in [7, 11) is 0. The molecule has 0 spiro atoms. The molecule has 0 saturated carbocycles. The fraction of sp³-hybridized carbons (Fsp3) is 0.526. The van der Waals surface area contributed by atoms with Gasteiger partial charge in [-0.25, -0.2) is 14.5 Å². The molecule has 0 aromatic heterocycles. The molecule has 2 N–H and O–H groups in total. The number of hydrogen-bond donors (Lipinski definition) is 2. The molecule has 1 fully saturated rings. The van der Waals surface area contributed by atoms with Crippen LogP contribution < -0.4 is 5.32 Å². The van der Waals surface area contributed by atoms with E-state index < -0.39 is 12.2 Å². The van der Waals surface area contributed by atoms with Gasteiger partial charge < -0.3 is 15.2 Å². The van der Waals surface area contributed by atoms with E-state index in [2.05, 4.69) is 22.3 Å². The third kappa shape index (κ3) is 7.26. The lowest BCUT2D eigenvalue weighted by Gasteiger charge is -2.24. The largest absolute Gasteiger partial charge is 0.465 e. The van der Waals surface area contributed by atoms with E-state index in [0.717, 1.165) is 31.0 Å². The zero-order valence-electron chi connectivity index (χ0n) is 15.6. The number of carbonyl (C=O) groups excluding carboxylic acids is 2. The van der Waals surface area contributed by atoms with Gasteiger partial charge >= 0.3 is 12.2 Å². The van der Waals surface area contributed by atoms with Gasteiger partial charge in [0.2, 0.25) is 0 Å². The van der Waals surface area contributed by atoms with Gasteiger partial charge in [-0.1, -0.05) is 30.3 Å². The van der Waals surface area contributed by atoms with Gasteiger partial charge in [-0.15, -0.1) is 0 Å². The zero-order chi connectivity index (χ0) is 19.6. The second-order valence-electron chi connectivity index (χ2n) is 6.71. The smallest absolute Gasteiger partial charge is 0.417 e. The van der Waals surface area contributed by atoms with Gasteiger partial charge in [0.05, 0.1) is 0 Å². The third-order valence-electron chi connectivity index (χ3n) is 4.44. The molecule has 8 heteroatoms. The van der Waals surface area contributed by atoms with Crippen LogP contribution in [0.5, 0.6) is 0 Å². The fourth-order valence-corrected chi connectivity index (χ4v) is 2.97. The predicted molar refractivity (Wildman–Crippen MR) is 99.3 cm³/mol. The van der Waals surface area contributed by atoms with Gasteiger partial charge in [-0.05, 0) is 38.3 Å². The second kappa shape index (κ2) is 10.5. The van der Waals surface area contributed by atoms with Crippen molar-refractivity contribution in [3.63, 3.8) is 0 Å². The van der Waals surface area contributed by atoms with Crippen LogP contribution in [0.15, 0.2) is 30.3 Å². The van der Waals surface area contributed by atoms with E-state index in [-0.39, 0.29) is 18.6 Å². The molecule has 2 rings (SSSR count). The summed E-state index contributed by atoms with van der Waals surface area (Å²) in [5.41, 5.74) is 1.19. The molecule has 1 aromatic rings. The minimum atomic E-state index is -1.01. The Hall–Kier alpha value is -2.61. The molecule has 0 bridgehead atoms. The lowest BCUT2D eigenvalue weighted by molar-refractivity contribution is -0.125. The maximum absolute atomic E-state index is 11.5. The van der Waals surface area contributed by atoms with Crippen LogP contribution in [0.4, 0.5) is 9.59 Å². The Morgan fingerprint density at radius 2 is 2.00 bits per heavy atom. The molecule has 1 aliphatic rings. The number of hydrogen-bond acceptors (Lipinski definition) is 5. The average Bonchev–Trinajstić information content (AvgIpc) is 2.95. The summed E-state index contributed by atoms with van der Waals surface area (Å²) in [5, 5.41) is 11.3. The number of cyclic esters (lactones) is 1. The second-order valence-corrected chi connectivity index (χ2v) is 6.71. The topological polar surface area (TPSA) is 99.2 Å². The minimum Gasteiger partial charge on any atom is -0.465 e. The van der Waals surface area contributed by atoms with Crippen molar-refractivity contribution in [2.75, 3.05) is 26.2 Å². The molecular weight excluding hydrogens is 350 g/mol. The van der Waals surface area contributed by atoms with Crippen LogP contribution >= 0.6 is 0 Å². The lowest BCUT2D eigenvalue weighted by Crippen LogP contribution is -2.35. The molecule has 1 atom stereocenters. The number of nitrogens with zero attached hydrogens (tertiary/aromatic N) is 2. The SMILES string of the molecule is C[C@H](CCN(CCCCN1C(=O)COC1=O)Cc1ccccc1)NC(=O)O. The Bertz CT molecular complexity index is 621. The van der Waals surface area contributed by atoms with E-state index in [1.54, 1.807) is 0 Å². The Morgan fingerprint density at radius 3 is 2.63 bits per heavy atom. The van der Waals surface area contributed by atoms with Gasteiger partial charge in [0.15, 0.2) is 6.61 Å². The summed E-state index contributed by atoms with van der Waals surface area (Å²) in [6.07, 6.45) is 0.657. The number of amides is 3. The highest BCUT2D eigenvalue weighted by Crippen LogP contribution is 2.10. The van der Waals surface area contributed by atoms with E-state index in [9.17, 15) is 14.4 Å². The van der Waals surface area contributed by atoms with Crippen molar-refractivity contribution < 1.29 is 24.2 Å². The summed E-state index contributed by atoms with van der Waals surface area (Å²) in [4.78, 5) is 37.1. The van der Waals surface area contributed by atoms with Gasteiger partial charge in [-0.2, -0.15) is 0 Å². The number of nitrogens with one attached hydrogen (secondary N) is 1. The Kier molecular flexibility index (Phi) is 8.06.